The maximum atomic E-state index is 11.4. The van der Waals surface area contributed by atoms with Gasteiger partial charge in [0, 0.05) is 21.4 Å². The summed E-state index contributed by atoms with van der Waals surface area (Å²) in [7, 11) is 0. The molecule has 1 amide bonds. The van der Waals surface area contributed by atoms with Crippen LogP contribution in [0.3, 0.4) is 0 Å². The molecule has 0 unspecified atom stereocenters. The van der Waals surface area contributed by atoms with E-state index in [1.54, 1.807) is 0 Å². The first-order chi connectivity index (χ1) is 6.58. The van der Waals surface area contributed by atoms with Crippen LogP contribution in [-0.2, 0) is 4.79 Å². The highest BCUT2D eigenvalue weighted by Crippen LogP contribution is 2.34. The Hall–Kier alpha value is -0.570. The fourth-order valence-corrected chi connectivity index (χ4v) is 1.65. The minimum absolute atomic E-state index is 0. The van der Waals surface area contributed by atoms with E-state index in [9.17, 15) is 4.79 Å². The summed E-state index contributed by atoms with van der Waals surface area (Å²) in [6.45, 7) is 8.02. The van der Waals surface area contributed by atoms with E-state index in [4.69, 9.17) is 0 Å². The van der Waals surface area contributed by atoms with Gasteiger partial charge in [0.1, 0.15) is 0 Å². The van der Waals surface area contributed by atoms with Gasteiger partial charge >= 0.3 is 0 Å². The molecule has 1 rings (SSSR count). The molecule has 0 aromatic carbocycles. The molecule has 0 heterocycles. The SMILES string of the molecule is CCNC1(CNC(=O)CC(C)C)CC1.[HH].[HH]. The molecule has 2 N–H and O–H groups in total. The summed E-state index contributed by atoms with van der Waals surface area (Å²) in [4.78, 5) is 11.4. The predicted molar refractivity (Wildman–Crippen MR) is 62.3 cm³/mol. The first-order valence-corrected chi connectivity index (χ1v) is 5.60. The van der Waals surface area contributed by atoms with Crippen LogP contribution in [0.1, 0.15) is 42.9 Å². The van der Waals surface area contributed by atoms with Crippen LogP contribution in [-0.4, -0.2) is 24.5 Å². The maximum absolute atomic E-state index is 11.4. The number of hydrogen-bond acceptors (Lipinski definition) is 2. The zero-order chi connectivity index (χ0) is 10.6. The summed E-state index contributed by atoms with van der Waals surface area (Å²) >= 11 is 0. The highest BCUT2D eigenvalue weighted by Gasteiger charge is 2.41. The van der Waals surface area contributed by atoms with Gasteiger partial charge in [-0.1, -0.05) is 20.8 Å². The van der Waals surface area contributed by atoms with Crippen molar-refractivity contribution in [1.29, 1.82) is 0 Å². The molecule has 0 radical (unpaired) electrons. The monoisotopic (exact) mass is 202 g/mol. The van der Waals surface area contributed by atoms with Crippen molar-refractivity contribution in [3.8, 4) is 0 Å². The number of likely N-dealkylation sites (N-methyl/N-ethyl adjacent to an activating group) is 1. The molecule has 1 fully saturated rings. The zero-order valence-electron chi connectivity index (χ0n) is 9.52. The topological polar surface area (TPSA) is 41.1 Å². The van der Waals surface area contributed by atoms with Crippen molar-refractivity contribution in [2.24, 2.45) is 5.92 Å². The van der Waals surface area contributed by atoms with Crippen molar-refractivity contribution in [3.63, 3.8) is 0 Å². The lowest BCUT2D eigenvalue weighted by atomic mass is 10.1. The van der Waals surface area contributed by atoms with E-state index in [0.717, 1.165) is 13.1 Å². The van der Waals surface area contributed by atoms with Crippen LogP contribution in [0.25, 0.3) is 0 Å². The van der Waals surface area contributed by atoms with E-state index in [1.165, 1.54) is 12.8 Å². The van der Waals surface area contributed by atoms with Crippen LogP contribution in [0.4, 0.5) is 0 Å². The Balaban J connectivity index is 0. The average Bonchev–Trinajstić information content (AvgIpc) is 2.82. The highest BCUT2D eigenvalue weighted by atomic mass is 16.1. The van der Waals surface area contributed by atoms with Crippen molar-refractivity contribution < 1.29 is 7.65 Å². The Morgan fingerprint density at radius 3 is 2.57 bits per heavy atom. The van der Waals surface area contributed by atoms with Gasteiger partial charge in [0.05, 0.1) is 0 Å². The van der Waals surface area contributed by atoms with E-state index in [-0.39, 0.29) is 14.3 Å². The second kappa shape index (κ2) is 4.78. The van der Waals surface area contributed by atoms with Crippen LogP contribution < -0.4 is 10.6 Å². The first kappa shape index (κ1) is 11.5. The fraction of sp³-hybridized carbons (Fsp3) is 0.909. The van der Waals surface area contributed by atoms with Crippen LogP contribution in [0.2, 0.25) is 0 Å². The van der Waals surface area contributed by atoms with Gasteiger partial charge in [-0.05, 0) is 25.3 Å². The third-order valence-corrected chi connectivity index (χ3v) is 2.62. The molecule has 0 aromatic heterocycles. The molecule has 14 heavy (non-hydrogen) atoms. The molecule has 0 atom stereocenters. The second-order valence-electron chi connectivity index (χ2n) is 4.69. The summed E-state index contributed by atoms with van der Waals surface area (Å²) in [5, 5.41) is 6.43. The van der Waals surface area contributed by atoms with Gasteiger partial charge in [-0.3, -0.25) is 4.79 Å². The van der Waals surface area contributed by atoms with Crippen molar-refractivity contribution in [2.75, 3.05) is 13.1 Å². The lowest BCUT2D eigenvalue weighted by Gasteiger charge is -2.17. The minimum atomic E-state index is 0. The van der Waals surface area contributed by atoms with Gasteiger partial charge in [-0.2, -0.15) is 0 Å². The summed E-state index contributed by atoms with van der Waals surface area (Å²) in [5.74, 6) is 0.633. The van der Waals surface area contributed by atoms with Gasteiger partial charge in [0.2, 0.25) is 5.91 Å². The molecule has 0 aromatic rings. The van der Waals surface area contributed by atoms with Crippen molar-refractivity contribution in [1.82, 2.24) is 10.6 Å². The lowest BCUT2D eigenvalue weighted by Crippen LogP contribution is -2.43. The Morgan fingerprint density at radius 2 is 2.14 bits per heavy atom. The Kier molecular flexibility index (Phi) is 3.93. The number of hydrogen-bond donors (Lipinski definition) is 2. The molecular weight excluding hydrogens is 176 g/mol. The van der Waals surface area contributed by atoms with E-state index in [1.807, 2.05) is 0 Å². The van der Waals surface area contributed by atoms with Crippen molar-refractivity contribution in [3.05, 3.63) is 0 Å². The van der Waals surface area contributed by atoms with Gasteiger partial charge in [-0.25, -0.2) is 0 Å². The van der Waals surface area contributed by atoms with Gasteiger partial charge < -0.3 is 10.6 Å². The van der Waals surface area contributed by atoms with E-state index in [2.05, 4.69) is 31.4 Å². The number of rotatable bonds is 6. The fourth-order valence-electron chi connectivity index (χ4n) is 1.65. The van der Waals surface area contributed by atoms with Crippen molar-refractivity contribution in [2.45, 2.75) is 45.6 Å². The molecule has 1 aliphatic carbocycles. The summed E-state index contributed by atoms with van der Waals surface area (Å²) in [6, 6.07) is 0. The third kappa shape index (κ3) is 3.66. The summed E-state index contributed by atoms with van der Waals surface area (Å²) in [6.07, 6.45) is 3.04. The standard InChI is InChI=1S/C11H22N2O.2H2/c1-4-13-11(5-6-11)8-12-10(14)7-9(2)3;;/h9,13H,4-8H2,1-3H3,(H,12,14);2*1H. The first-order valence-electron chi connectivity index (χ1n) is 5.60. The molecule has 1 saturated carbocycles. The molecule has 0 aliphatic heterocycles. The molecule has 0 saturated heterocycles. The quantitative estimate of drug-likeness (QED) is 0.689. The Morgan fingerprint density at radius 1 is 1.50 bits per heavy atom. The number of nitrogens with one attached hydrogen (secondary N) is 2. The summed E-state index contributed by atoms with van der Waals surface area (Å²) < 4.78 is 0. The number of amides is 1. The Labute approximate surface area is 89.6 Å². The minimum Gasteiger partial charge on any atom is -0.354 e. The highest BCUT2D eigenvalue weighted by molar-refractivity contribution is 5.76. The molecule has 0 spiro atoms. The smallest absolute Gasteiger partial charge is 0.220 e. The second-order valence-corrected chi connectivity index (χ2v) is 4.69. The predicted octanol–water partition coefficient (Wildman–Crippen LogP) is 1.78. The van der Waals surface area contributed by atoms with E-state index >= 15 is 0 Å². The number of carbonyl (C=O) groups excluding carboxylic acids is 1. The zero-order valence-corrected chi connectivity index (χ0v) is 9.52. The Bertz CT molecular complexity index is 206. The third-order valence-electron chi connectivity index (χ3n) is 2.62. The molecule has 1 aliphatic rings. The maximum Gasteiger partial charge on any atom is 0.220 e. The van der Waals surface area contributed by atoms with Gasteiger partial charge in [-0.15, -0.1) is 0 Å². The van der Waals surface area contributed by atoms with Crippen LogP contribution in [0.15, 0.2) is 0 Å². The molecule has 86 valence electrons. The largest absolute Gasteiger partial charge is 0.354 e. The summed E-state index contributed by atoms with van der Waals surface area (Å²) in [5.41, 5.74) is 0.237. The van der Waals surface area contributed by atoms with Crippen molar-refractivity contribution >= 4 is 5.91 Å². The van der Waals surface area contributed by atoms with Gasteiger partial charge in [0.25, 0.3) is 0 Å². The van der Waals surface area contributed by atoms with Crippen LogP contribution in [0, 0.1) is 5.92 Å². The van der Waals surface area contributed by atoms with Gasteiger partial charge in [0.15, 0.2) is 0 Å². The molecule has 3 heteroatoms. The molecular formula is C11H26N2O. The van der Waals surface area contributed by atoms with E-state index in [0.29, 0.717) is 12.3 Å². The molecule has 3 nitrogen and oxygen atoms in total. The van der Waals surface area contributed by atoms with Crippen LogP contribution >= 0.6 is 0 Å². The lowest BCUT2D eigenvalue weighted by molar-refractivity contribution is -0.121. The van der Waals surface area contributed by atoms with Crippen LogP contribution in [0.5, 0.6) is 0 Å². The average molecular weight is 202 g/mol. The molecule has 0 bridgehead atoms. The number of carbonyl (C=O) groups is 1. The normalized spacial score (nSPS) is 18.3. The van der Waals surface area contributed by atoms with E-state index < -0.39 is 0 Å².